The molecule has 0 spiro atoms. The minimum Gasteiger partial charge on any atom is -0.465 e. The van der Waals surface area contributed by atoms with Crippen LogP contribution in [0.4, 0.5) is 11.4 Å². The number of carbonyl (C=O) groups is 2. The first-order valence-corrected chi connectivity index (χ1v) is 9.55. The summed E-state index contributed by atoms with van der Waals surface area (Å²) in [6.45, 7) is -0.500. The molecule has 0 atom stereocenters. The standard InChI is InChI=1S/C18H17N3O5S/c1-26-18(23)14-6-4-8-16(10-14)21(27(2,24)25)12-17(22)20-15-7-3-5-13(9-15)11-19/h3-10H,12H2,1-2H3,(H,20,22). The van der Waals surface area contributed by atoms with E-state index in [4.69, 9.17) is 5.26 Å². The highest BCUT2D eigenvalue weighted by Gasteiger charge is 2.22. The quantitative estimate of drug-likeness (QED) is 0.755. The Morgan fingerprint density at radius 1 is 1.19 bits per heavy atom. The van der Waals surface area contributed by atoms with Crippen molar-refractivity contribution in [2.75, 3.05) is 29.5 Å². The predicted octanol–water partition coefficient (Wildman–Crippen LogP) is 1.75. The Labute approximate surface area is 157 Å². The lowest BCUT2D eigenvalue weighted by atomic mass is 10.2. The van der Waals surface area contributed by atoms with Gasteiger partial charge in [-0.1, -0.05) is 12.1 Å². The van der Waals surface area contributed by atoms with Crippen LogP contribution in [0, 0.1) is 11.3 Å². The molecule has 2 aromatic carbocycles. The van der Waals surface area contributed by atoms with Gasteiger partial charge in [0.05, 0.1) is 36.2 Å². The van der Waals surface area contributed by atoms with Crippen LogP contribution in [0.25, 0.3) is 0 Å². The molecule has 0 heterocycles. The number of rotatable bonds is 6. The molecule has 140 valence electrons. The molecular formula is C18H17N3O5S. The maximum atomic E-state index is 12.3. The number of hydrogen-bond donors (Lipinski definition) is 1. The van der Waals surface area contributed by atoms with Crippen LogP contribution in [0.15, 0.2) is 48.5 Å². The van der Waals surface area contributed by atoms with E-state index in [0.29, 0.717) is 11.3 Å². The summed E-state index contributed by atoms with van der Waals surface area (Å²) in [4.78, 5) is 24.0. The van der Waals surface area contributed by atoms with Gasteiger partial charge in [0.1, 0.15) is 6.54 Å². The van der Waals surface area contributed by atoms with E-state index < -0.39 is 28.4 Å². The smallest absolute Gasteiger partial charge is 0.337 e. The molecular weight excluding hydrogens is 370 g/mol. The third kappa shape index (κ3) is 5.29. The Morgan fingerprint density at radius 3 is 2.52 bits per heavy atom. The van der Waals surface area contributed by atoms with Crippen LogP contribution in [0.5, 0.6) is 0 Å². The van der Waals surface area contributed by atoms with Gasteiger partial charge in [0.2, 0.25) is 15.9 Å². The topological polar surface area (TPSA) is 117 Å². The molecule has 0 saturated heterocycles. The average Bonchev–Trinajstić information content (AvgIpc) is 2.64. The lowest BCUT2D eigenvalue weighted by Crippen LogP contribution is -2.37. The minimum atomic E-state index is -3.80. The van der Waals surface area contributed by atoms with Crippen LogP contribution in [0.2, 0.25) is 0 Å². The van der Waals surface area contributed by atoms with Gasteiger partial charge in [0, 0.05) is 5.69 Å². The molecule has 0 fully saturated rings. The van der Waals surface area contributed by atoms with Crippen molar-refractivity contribution in [3.63, 3.8) is 0 Å². The average molecular weight is 387 g/mol. The number of carbonyl (C=O) groups excluding carboxylic acids is 2. The fourth-order valence-corrected chi connectivity index (χ4v) is 3.15. The van der Waals surface area contributed by atoms with Gasteiger partial charge in [-0.3, -0.25) is 9.10 Å². The summed E-state index contributed by atoms with van der Waals surface area (Å²) in [7, 11) is -2.58. The highest BCUT2D eigenvalue weighted by atomic mass is 32.2. The van der Waals surface area contributed by atoms with Crippen molar-refractivity contribution >= 4 is 33.3 Å². The number of amides is 1. The van der Waals surface area contributed by atoms with E-state index in [1.54, 1.807) is 18.2 Å². The van der Waals surface area contributed by atoms with Gasteiger partial charge in [0.25, 0.3) is 0 Å². The van der Waals surface area contributed by atoms with Crippen molar-refractivity contribution in [3.05, 3.63) is 59.7 Å². The molecule has 8 nitrogen and oxygen atoms in total. The Balaban J connectivity index is 2.26. The van der Waals surface area contributed by atoms with Crippen LogP contribution in [-0.4, -0.2) is 40.2 Å². The van der Waals surface area contributed by atoms with Crippen LogP contribution >= 0.6 is 0 Å². The van der Waals surface area contributed by atoms with E-state index in [1.165, 1.54) is 37.4 Å². The lowest BCUT2D eigenvalue weighted by molar-refractivity contribution is -0.114. The van der Waals surface area contributed by atoms with Gasteiger partial charge >= 0.3 is 5.97 Å². The number of ether oxygens (including phenoxy) is 1. The Hall–Kier alpha value is -3.38. The largest absolute Gasteiger partial charge is 0.465 e. The molecule has 0 saturated carbocycles. The third-order valence-corrected chi connectivity index (χ3v) is 4.66. The van der Waals surface area contributed by atoms with Crippen molar-refractivity contribution in [1.82, 2.24) is 0 Å². The molecule has 2 rings (SSSR count). The molecule has 0 aliphatic carbocycles. The molecule has 0 aliphatic rings. The van der Waals surface area contributed by atoms with Crippen molar-refractivity contribution in [1.29, 1.82) is 5.26 Å². The van der Waals surface area contributed by atoms with Gasteiger partial charge in [-0.15, -0.1) is 0 Å². The van der Waals surface area contributed by atoms with E-state index >= 15 is 0 Å². The van der Waals surface area contributed by atoms with Gasteiger partial charge in [-0.2, -0.15) is 5.26 Å². The maximum absolute atomic E-state index is 12.3. The highest BCUT2D eigenvalue weighted by Crippen LogP contribution is 2.20. The highest BCUT2D eigenvalue weighted by molar-refractivity contribution is 7.92. The van der Waals surface area contributed by atoms with Crippen molar-refractivity contribution in [3.8, 4) is 6.07 Å². The van der Waals surface area contributed by atoms with Crippen molar-refractivity contribution in [2.24, 2.45) is 0 Å². The molecule has 0 unspecified atom stereocenters. The summed E-state index contributed by atoms with van der Waals surface area (Å²) in [5.41, 5.74) is 1.04. The maximum Gasteiger partial charge on any atom is 0.337 e. The number of benzene rings is 2. The summed E-state index contributed by atoms with van der Waals surface area (Å²) in [5, 5.41) is 11.4. The van der Waals surface area contributed by atoms with Gasteiger partial charge in [-0.05, 0) is 36.4 Å². The van der Waals surface area contributed by atoms with Gasteiger partial charge in [0.15, 0.2) is 0 Å². The first-order chi connectivity index (χ1) is 12.7. The Morgan fingerprint density at radius 2 is 1.89 bits per heavy atom. The molecule has 1 amide bonds. The Kier molecular flexibility index (Phi) is 6.15. The SMILES string of the molecule is COC(=O)c1cccc(N(CC(=O)Nc2cccc(C#N)c2)S(C)(=O)=O)c1. The number of esters is 1. The molecule has 2 aromatic rings. The van der Waals surface area contributed by atoms with Crippen molar-refractivity contribution in [2.45, 2.75) is 0 Å². The normalized spacial score (nSPS) is 10.6. The van der Waals surface area contributed by atoms with Crippen LogP contribution < -0.4 is 9.62 Å². The molecule has 0 aliphatic heterocycles. The summed E-state index contributed by atoms with van der Waals surface area (Å²) in [5.74, 6) is -1.22. The molecule has 27 heavy (non-hydrogen) atoms. The number of nitrogens with one attached hydrogen (secondary N) is 1. The predicted molar refractivity (Wildman–Crippen MR) is 99.8 cm³/mol. The van der Waals surface area contributed by atoms with Gasteiger partial charge < -0.3 is 10.1 Å². The zero-order valence-corrected chi connectivity index (χ0v) is 15.5. The van der Waals surface area contributed by atoms with E-state index in [0.717, 1.165) is 10.6 Å². The fraction of sp³-hybridized carbons (Fsp3) is 0.167. The van der Waals surface area contributed by atoms with Gasteiger partial charge in [-0.25, -0.2) is 13.2 Å². The zero-order valence-electron chi connectivity index (χ0n) is 14.7. The van der Waals surface area contributed by atoms with E-state index in [1.807, 2.05) is 6.07 Å². The fourth-order valence-electron chi connectivity index (χ4n) is 2.30. The lowest BCUT2D eigenvalue weighted by Gasteiger charge is -2.22. The molecule has 0 bridgehead atoms. The molecule has 1 N–H and O–H groups in total. The zero-order chi connectivity index (χ0) is 20.0. The molecule has 0 aromatic heterocycles. The summed E-state index contributed by atoms with van der Waals surface area (Å²) in [6, 6.07) is 14.0. The van der Waals surface area contributed by atoms with E-state index in [9.17, 15) is 18.0 Å². The second-order valence-electron chi connectivity index (χ2n) is 5.55. The second kappa shape index (κ2) is 8.33. The first kappa shape index (κ1) is 19.9. The van der Waals surface area contributed by atoms with Crippen molar-refractivity contribution < 1.29 is 22.7 Å². The number of nitrogens with zero attached hydrogens (tertiary/aromatic N) is 2. The number of nitriles is 1. The second-order valence-corrected chi connectivity index (χ2v) is 7.46. The minimum absolute atomic E-state index is 0.154. The summed E-state index contributed by atoms with van der Waals surface area (Å²) in [6.07, 6.45) is 0.960. The monoisotopic (exact) mass is 387 g/mol. The number of hydrogen-bond acceptors (Lipinski definition) is 6. The van der Waals surface area contributed by atoms with Crippen LogP contribution in [0.1, 0.15) is 15.9 Å². The van der Waals surface area contributed by atoms with Crippen LogP contribution in [0.3, 0.4) is 0 Å². The molecule has 0 radical (unpaired) electrons. The third-order valence-electron chi connectivity index (χ3n) is 3.52. The summed E-state index contributed by atoms with van der Waals surface area (Å²) >= 11 is 0. The number of methoxy groups -OCH3 is 1. The summed E-state index contributed by atoms with van der Waals surface area (Å²) < 4.78 is 29.8. The van der Waals surface area contributed by atoms with E-state index in [-0.39, 0.29) is 11.3 Å². The molecule has 9 heteroatoms. The first-order valence-electron chi connectivity index (χ1n) is 7.70. The van der Waals surface area contributed by atoms with E-state index in [2.05, 4.69) is 10.1 Å². The Bertz CT molecular complexity index is 1010. The van der Waals surface area contributed by atoms with Crippen LogP contribution in [-0.2, 0) is 19.6 Å². The number of anilines is 2. The number of sulfonamides is 1.